The number of aromatic nitrogens is 2. The molecule has 0 saturated carbocycles. The quantitative estimate of drug-likeness (QED) is 0.456. The number of rotatable bonds is 10. The first kappa shape index (κ1) is 21.2. The van der Waals surface area contributed by atoms with Crippen LogP contribution in [0.25, 0.3) is 5.70 Å². The smallest absolute Gasteiger partial charge is 0.122 e. The number of unbranched alkanes of at least 4 members (excludes halogenated alkanes) is 3. The summed E-state index contributed by atoms with van der Waals surface area (Å²) < 4.78 is 8.33. The lowest BCUT2D eigenvalue weighted by atomic mass is 9.83. The molecule has 0 aromatic carbocycles. The molecule has 2 aliphatic rings. The summed E-state index contributed by atoms with van der Waals surface area (Å²) in [5.74, 6) is 0.702. The molecule has 3 heterocycles. The molecule has 162 valence electrons. The Labute approximate surface area is 181 Å². The third-order valence-electron chi connectivity index (χ3n) is 6.56. The molecular weight excluding hydrogens is 370 g/mol. The summed E-state index contributed by atoms with van der Waals surface area (Å²) in [6.07, 6.45) is 15.7. The zero-order valence-corrected chi connectivity index (χ0v) is 18.9. The molecular formula is C26H37N3O. The summed E-state index contributed by atoms with van der Waals surface area (Å²) in [5, 5.41) is 0. The first-order chi connectivity index (χ1) is 14.7. The highest BCUT2D eigenvalue weighted by Gasteiger charge is 2.29. The summed E-state index contributed by atoms with van der Waals surface area (Å²) in [6.45, 7) is 5.19. The number of fused-ring (bicyclic) bond motifs is 1. The van der Waals surface area contributed by atoms with Gasteiger partial charge in [0.25, 0.3) is 0 Å². The Hall–Kier alpha value is -2.07. The molecule has 0 radical (unpaired) electrons. The lowest BCUT2D eigenvalue weighted by Crippen LogP contribution is -2.21. The molecule has 1 aliphatic carbocycles. The lowest BCUT2D eigenvalue weighted by molar-refractivity contribution is 0.129. The van der Waals surface area contributed by atoms with Gasteiger partial charge in [-0.25, -0.2) is 4.99 Å². The van der Waals surface area contributed by atoms with E-state index in [4.69, 9.17) is 9.73 Å². The number of hydrogen-bond donors (Lipinski definition) is 1. The monoisotopic (exact) mass is 407 g/mol. The van der Waals surface area contributed by atoms with Gasteiger partial charge in [-0.1, -0.05) is 39.5 Å². The number of aryl methyl sites for hydroxylation is 2. The maximum atomic E-state index is 6.20. The van der Waals surface area contributed by atoms with Crippen molar-refractivity contribution in [1.82, 2.24) is 9.55 Å². The second-order valence-electron chi connectivity index (χ2n) is 8.90. The third-order valence-corrected chi connectivity index (χ3v) is 6.56. The number of ether oxygens (including phenoxy) is 1. The van der Waals surface area contributed by atoms with Gasteiger partial charge in [0.2, 0.25) is 0 Å². The minimum atomic E-state index is -0.0713. The van der Waals surface area contributed by atoms with Crippen LogP contribution in [0.5, 0.6) is 0 Å². The molecule has 2 aromatic rings. The minimum Gasteiger partial charge on any atom is -0.368 e. The van der Waals surface area contributed by atoms with Crippen molar-refractivity contribution in [2.24, 2.45) is 12.0 Å². The lowest BCUT2D eigenvalue weighted by Gasteiger charge is -2.22. The van der Waals surface area contributed by atoms with E-state index < -0.39 is 0 Å². The number of nitrogens with zero attached hydrogens (tertiary/aromatic N) is 2. The molecule has 0 saturated heterocycles. The summed E-state index contributed by atoms with van der Waals surface area (Å²) in [4.78, 5) is 8.79. The van der Waals surface area contributed by atoms with Gasteiger partial charge in [0.1, 0.15) is 6.10 Å². The van der Waals surface area contributed by atoms with Crippen molar-refractivity contribution in [2.75, 3.05) is 6.61 Å². The largest absolute Gasteiger partial charge is 0.368 e. The van der Waals surface area contributed by atoms with E-state index in [0.29, 0.717) is 5.92 Å². The van der Waals surface area contributed by atoms with Crippen molar-refractivity contribution in [3.8, 4) is 0 Å². The number of aromatic amines is 1. The average Bonchev–Trinajstić information content (AvgIpc) is 3.47. The first-order valence-corrected chi connectivity index (χ1v) is 12.0. The van der Waals surface area contributed by atoms with Crippen molar-refractivity contribution in [2.45, 2.75) is 83.7 Å². The van der Waals surface area contributed by atoms with Crippen molar-refractivity contribution < 1.29 is 4.74 Å². The summed E-state index contributed by atoms with van der Waals surface area (Å²) in [6, 6.07) is 6.59. The maximum Gasteiger partial charge on any atom is 0.122 e. The van der Waals surface area contributed by atoms with Gasteiger partial charge in [0, 0.05) is 25.5 Å². The molecule has 0 amide bonds. The predicted octanol–water partition coefficient (Wildman–Crippen LogP) is 6.38. The van der Waals surface area contributed by atoms with E-state index in [1.54, 1.807) is 0 Å². The molecule has 4 nitrogen and oxygen atoms in total. The van der Waals surface area contributed by atoms with Crippen molar-refractivity contribution in [1.29, 1.82) is 0 Å². The molecule has 2 aromatic heterocycles. The van der Waals surface area contributed by atoms with Gasteiger partial charge in [-0.3, -0.25) is 0 Å². The van der Waals surface area contributed by atoms with Gasteiger partial charge in [0.15, 0.2) is 0 Å². The van der Waals surface area contributed by atoms with Crippen LogP contribution < -0.4 is 0 Å². The van der Waals surface area contributed by atoms with Gasteiger partial charge in [-0.05, 0) is 67.9 Å². The predicted molar refractivity (Wildman–Crippen MR) is 125 cm³/mol. The van der Waals surface area contributed by atoms with Gasteiger partial charge in [-0.15, -0.1) is 0 Å². The van der Waals surface area contributed by atoms with Crippen LogP contribution in [0.2, 0.25) is 0 Å². The van der Waals surface area contributed by atoms with E-state index in [9.17, 15) is 0 Å². The number of nitrogens with one attached hydrogen (secondary N) is 1. The fraction of sp³-hybridized carbons (Fsp3) is 0.577. The Balaban J connectivity index is 1.58. The maximum absolute atomic E-state index is 6.20. The average molecular weight is 408 g/mol. The van der Waals surface area contributed by atoms with E-state index in [1.807, 2.05) is 0 Å². The van der Waals surface area contributed by atoms with E-state index in [2.05, 4.69) is 60.9 Å². The molecule has 4 rings (SSSR count). The number of hydrogen-bond acceptors (Lipinski definition) is 2. The van der Waals surface area contributed by atoms with Crippen LogP contribution in [0.1, 0.15) is 93.8 Å². The zero-order chi connectivity index (χ0) is 20.9. The van der Waals surface area contributed by atoms with Gasteiger partial charge >= 0.3 is 0 Å². The van der Waals surface area contributed by atoms with Crippen LogP contribution in [0.3, 0.4) is 0 Å². The minimum absolute atomic E-state index is 0.0713. The van der Waals surface area contributed by atoms with Crippen LogP contribution in [-0.2, 0) is 18.2 Å². The van der Waals surface area contributed by atoms with Crippen molar-refractivity contribution in [3.05, 3.63) is 53.1 Å². The van der Waals surface area contributed by atoms with Crippen LogP contribution >= 0.6 is 0 Å². The Morgan fingerprint density at radius 2 is 2.10 bits per heavy atom. The van der Waals surface area contributed by atoms with E-state index in [-0.39, 0.29) is 6.10 Å². The molecule has 0 bridgehead atoms. The summed E-state index contributed by atoms with van der Waals surface area (Å²) in [5.41, 5.74) is 7.32. The second-order valence-corrected chi connectivity index (χ2v) is 8.90. The highest BCUT2D eigenvalue weighted by atomic mass is 16.5. The second kappa shape index (κ2) is 9.82. The van der Waals surface area contributed by atoms with E-state index in [0.717, 1.165) is 42.2 Å². The summed E-state index contributed by atoms with van der Waals surface area (Å²) in [7, 11) is 2.07. The molecule has 1 aliphatic heterocycles. The molecule has 0 spiro atoms. The third kappa shape index (κ3) is 4.49. The van der Waals surface area contributed by atoms with Gasteiger partial charge in [-0.2, -0.15) is 0 Å². The van der Waals surface area contributed by atoms with Gasteiger partial charge < -0.3 is 14.3 Å². The zero-order valence-electron chi connectivity index (χ0n) is 18.9. The normalized spacial score (nSPS) is 20.9. The van der Waals surface area contributed by atoms with Crippen molar-refractivity contribution in [3.63, 3.8) is 0 Å². The highest BCUT2D eigenvalue weighted by molar-refractivity contribution is 6.09. The fourth-order valence-electron chi connectivity index (χ4n) is 4.93. The molecule has 2 unspecified atom stereocenters. The van der Waals surface area contributed by atoms with Gasteiger partial charge in [0.05, 0.1) is 22.8 Å². The van der Waals surface area contributed by atoms with Crippen LogP contribution in [0.4, 0.5) is 0 Å². The van der Waals surface area contributed by atoms with Crippen LogP contribution in [-0.4, -0.2) is 28.0 Å². The fourth-order valence-corrected chi connectivity index (χ4v) is 4.93. The Morgan fingerprint density at radius 1 is 1.20 bits per heavy atom. The first-order valence-electron chi connectivity index (χ1n) is 12.0. The van der Waals surface area contributed by atoms with Crippen molar-refractivity contribution >= 4 is 11.4 Å². The SMILES string of the molecule is CCCCCCC1CCCc2[nH]c(C3=NC(c4cccn4C)=CC3OCCC)cc21. The molecule has 30 heavy (non-hydrogen) atoms. The Kier molecular flexibility index (Phi) is 6.93. The van der Waals surface area contributed by atoms with E-state index >= 15 is 0 Å². The Bertz CT molecular complexity index is 901. The molecule has 4 heteroatoms. The number of aliphatic imine (C=N–C) groups is 1. The number of H-pyrrole nitrogens is 1. The highest BCUT2D eigenvalue weighted by Crippen LogP contribution is 2.37. The topological polar surface area (TPSA) is 42.3 Å². The van der Waals surface area contributed by atoms with Crippen LogP contribution in [0.15, 0.2) is 35.5 Å². The Morgan fingerprint density at radius 3 is 2.87 bits per heavy atom. The molecule has 0 fully saturated rings. The summed E-state index contributed by atoms with van der Waals surface area (Å²) >= 11 is 0. The molecule has 1 N–H and O–H groups in total. The van der Waals surface area contributed by atoms with Crippen LogP contribution in [0, 0.1) is 0 Å². The van der Waals surface area contributed by atoms with E-state index in [1.165, 1.54) is 56.2 Å². The standard InChI is InChI=1S/C26H37N3O/c1-4-6-7-8-11-19-12-9-13-21-20(19)17-23(27-21)26-25(30-16-5-2)18-22(28-26)24-14-10-15-29(24)3/h10,14-15,17-19,25,27H,4-9,11-13,16H2,1-3H3. The molecule has 2 atom stereocenters.